The first kappa shape index (κ1) is 32.5. The molecule has 0 aromatic heterocycles. The van der Waals surface area contributed by atoms with E-state index in [-0.39, 0.29) is 63.9 Å². The van der Waals surface area contributed by atoms with Gasteiger partial charge in [0.25, 0.3) is 0 Å². The lowest BCUT2D eigenvalue weighted by Crippen LogP contribution is -2.67. The normalized spacial score (nSPS) is 44.6. The lowest BCUT2D eigenvalue weighted by molar-refractivity contribution is -0.252. The number of allylic oxidation sites excluding steroid dienone is 1. The molecule has 5 rings (SSSR count). The highest BCUT2D eigenvalue weighted by molar-refractivity contribution is 5.77. The zero-order valence-electron chi connectivity index (χ0n) is 28.3. The standard InChI is InChI=1S/C37H58O6/c1-23(2)25-14-19-37(22-42-31(40)13-12-30(39)41-9)21-20-35(7)26(32(25)37)10-11-28-34(6)17-16-29(43-24(3)38)33(4,5)27(34)15-18-36(28,35)8/h25-29,32H,1,10-22H2,2-9H3/t25-,26-,27-,28+,29-,32+,34-,35+,36+,37-/m0/s1. The minimum Gasteiger partial charge on any atom is -0.469 e. The van der Waals surface area contributed by atoms with Crippen LogP contribution in [-0.4, -0.2) is 37.7 Å². The molecule has 0 heterocycles. The van der Waals surface area contributed by atoms with Gasteiger partial charge in [-0.05, 0) is 117 Å². The fourth-order valence-corrected chi connectivity index (χ4v) is 12.5. The highest BCUT2D eigenvalue weighted by Crippen LogP contribution is 2.77. The Kier molecular flexibility index (Phi) is 8.47. The highest BCUT2D eigenvalue weighted by Gasteiger charge is 2.71. The molecular formula is C37H58O6. The second kappa shape index (κ2) is 11.2. The molecule has 5 aliphatic carbocycles. The van der Waals surface area contributed by atoms with Crippen molar-refractivity contribution in [3.05, 3.63) is 12.2 Å². The van der Waals surface area contributed by atoms with E-state index in [9.17, 15) is 14.4 Å². The van der Waals surface area contributed by atoms with Crippen molar-refractivity contribution in [2.24, 2.45) is 56.7 Å². The summed E-state index contributed by atoms with van der Waals surface area (Å²) < 4.78 is 16.6. The lowest BCUT2D eigenvalue weighted by atomic mass is 9.32. The molecule has 0 spiro atoms. The smallest absolute Gasteiger partial charge is 0.306 e. The van der Waals surface area contributed by atoms with Gasteiger partial charge >= 0.3 is 17.9 Å². The van der Waals surface area contributed by atoms with Crippen molar-refractivity contribution in [3.63, 3.8) is 0 Å². The molecule has 5 fully saturated rings. The van der Waals surface area contributed by atoms with Crippen molar-refractivity contribution in [1.82, 2.24) is 0 Å². The number of carbonyl (C=O) groups is 3. The topological polar surface area (TPSA) is 78.9 Å². The summed E-state index contributed by atoms with van der Waals surface area (Å²) in [7, 11) is 1.35. The van der Waals surface area contributed by atoms with Gasteiger partial charge in [-0.15, -0.1) is 0 Å². The van der Waals surface area contributed by atoms with E-state index in [2.05, 4.69) is 48.1 Å². The first-order valence-corrected chi connectivity index (χ1v) is 17.1. The minimum atomic E-state index is -0.374. The van der Waals surface area contributed by atoms with E-state index < -0.39 is 0 Å². The maximum Gasteiger partial charge on any atom is 0.306 e. The fourth-order valence-electron chi connectivity index (χ4n) is 12.5. The molecule has 0 aliphatic heterocycles. The average molecular weight is 599 g/mol. The van der Waals surface area contributed by atoms with Crippen molar-refractivity contribution in [3.8, 4) is 0 Å². The summed E-state index contributed by atoms with van der Waals surface area (Å²) in [6.45, 7) is 21.3. The van der Waals surface area contributed by atoms with Crippen LogP contribution in [0.3, 0.4) is 0 Å². The summed E-state index contributed by atoms with van der Waals surface area (Å²) in [6.07, 6.45) is 11.6. The number of hydrogen-bond donors (Lipinski definition) is 0. The van der Waals surface area contributed by atoms with Gasteiger partial charge in [-0.2, -0.15) is 0 Å². The zero-order valence-corrected chi connectivity index (χ0v) is 28.3. The Labute approximate surface area is 260 Å². The summed E-state index contributed by atoms with van der Waals surface area (Å²) in [5.74, 6) is 1.87. The minimum absolute atomic E-state index is 0.000188. The first-order chi connectivity index (χ1) is 20.1. The Bertz CT molecular complexity index is 1140. The maximum atomic E-state index is 12.7. The summed E-state index contributed by atoms with van der Waals surface area (Å²) in [5.41, 5.74) is 1.91. The van der Waals surface area contributed by atoms with E-state index in [0.717, 1.165) is 32.1 Å². The molecule has 0 unspecified atom stereocenters. The molecule has 43 heavy (non-hydrogen) atoms. The second-order valence-corrected chi connectivity index (χ2v) is 16.7. The molecule has 5 aliphatic rings. The van der Waals surface area contributed by atoms with Crippen molar-refractivity contribution >= 4 is 17.9 Å². The van der Waals surface area contributed by atoms with Crippen LogP contribution in [0.2, 0.25) is 0 Å². The predicted octanol–water partition coefficient (Wildman–Crippen LogP) is 8.07. The third kappa shape index (κ3) is 5.00. The number of ether oxygens (including phenoxy) is 3. The highest BCUT2D eigenvalue weighted by atomic mass is 16.5. The molecule has 0 aromatic rings. The number of rotatable bonds is 7. The van der Waals surface area contributed by atoms with Crippen LogP contribution >= 0.6 is 0 Å². The van der Waals surface area contributed by atoms with Gasteiger partial charge in [-0.25, -0.2) is 0 Å². The molecule has 5 saturated carbocycles. The van der Waals surface area contributed by atoms with Gasteiger partial charge in [0.15, 0.2) is 0 Å². The predicted molar refractivity (Wildman–Crippen MR) is 167 cm³/mol. The van der Waals surface area contributed by atoms with Gasteiger partial charge in [0, 0.05) is 17.8 Å². The Hall–Kier alpha value is -1.85. The van der Waals surface area contributed by atoms with Crippen LogP contribution in [0.1, 0.15) is 126 Å². The van der Waals surface area contributed by atoms with Gasteiger partial charge in [0.2, 0.25) is 0 Å². The summed E-state index contributed by atoms with van der Waals surface area (Å²) in [6, 6.07) is 0. The Morgan fingerprint density at radius 2 is 1.47 bits per heavy atom. The molecule has 0 N–H and O–H groups in total. The van der Waals surface area contributed by atoms with Gasteiger partial charge in [0.05, 0.1) is 26.6 Å². The van der Waals surface area contributed by atoms with Gasteiger partial charge in [-0.1, -0.05) is 46.8 Å². The van der Waals surface area contributed by atoms with Crippen LogP contribution < -0.4 is 0 Å². The molecule has 6 nitrogen and oxygen atoms in total. The fraction of sp³-hybridized carbons (Fsp3) is 0.865. The summed E-state index contributed by atoms with van der Waals surface area (Å²) in [5, 5.41) is 0. The maximum absolute atomic E-state index is 12.7. The van der Waals surface area contributed by atoms with Gasteiger partial charge in [0.1, 0.15) is 6.10 Å². The van der Waals surface area contributed by atoms with Crippen LogP contribution in [0.4, 0.5) is 0 Å². The number of esters is 3. The number of hydrogen-bond acceptors (Lipinski definition) is 6. The molecule has 0 aromatic carbocycles. The molecule has 0 radical (unpaired) electrons. The SMILES string of the molecule is C=C(C)[C@@H]1CC[C@@]2(COC(=O)CCC(=O)OC)CC[C@]3(C)[C@@H](CC[C@@H]4[C@@]5(C)CC[C@H](OC(C)=O)C(C)(C)[C@@H]5CC[C@]43C)[C@@H]12. The monoisotopic (exact) mass is 598 g/mol. The second-order valence-electron chi connectivity index (χ2n) is 16.7. The average Bonchev–Trinajstić information content (AvgIpc) is 3.32. The van der Waals surface area contributed by atoms with E-state index in [1.165, 1.54) is 44.8 Å². The quantitative estimate of drug-likeness (QED) is 0.168. The Morgan fingerprint density at radius 1 is 0.767 bits per heavy atom. The molecule has 242 valence electrons. The van der Waals surface area contributed by atoms with Gasteiger partial charge < -0.3 is 14.2 Å². The van der Waals surface area contributed by atoms with E-state index in [1.807, 2.05) is 0 Å². The molecule has 0 bridgehead atoms. The third-order valence-corrected chi connectivity index (χ3v) is 14.8. The molecule has 6 heteroatoms. The van der Waals surface area contributed by atoms with Crippen molar-refractivity contribution < 1.29 is 28.6 Å². The van der Waals surface area contributed by atoms with E-state index in [4.69, 9.17) is 14.2 Å². The number of fused-ring (bicyclic) bond motifs is 7. The van der Waals surface area contributed by atoms with Crippen LogP contribution in [0.25, 0.3) is 0 Å². The zero-order chi connectivity index (χ0) is 31.6. The lowest BCUT2D eigenvalue weighted by Gasteiger charge is -2.73. The van der Waals surface area contributed by atoms with Crippen molar-refractivity contribution in [2.75, 3.05) is 13.7 Å². The first-order valence-electron chi connectivity index (χ1n) is 17.1. The molecule has 0 amide bonds. The third-order valence-electron chi connectivity index (χ3n) is 14.8. The number of methoxy groups -OCH3 is 1. The van der Waals surface area contributed by atoms with Crippen LogP contribution in [0, 0.1) is 56.7 Å². The molecular weight excluding hydrogens is 540 g/mol. The molecule has 0 saturated heterocycles. The van der Waals surface area contributed by atoms with Gasteiger partial charge in [-0.3, -0.25) is 14.4 Å². The molecule has 10 atom stereocenters. The summed E-state index contributed by atoms with van der Waals surface area (Å²) >= 11 is 0. The Morgan fingerprint density at radius 3 is 2.12 bits per heavy atom. The van der Waals surface area contributed by atoms with E-state index in [1.54, 1.807) is 6.92 Å². The largest absolute Gasteiger partial charge is 0.469 e. The summed E-state index contributed by atoms with van der Waals surface area (Å²) in [4.78, 5) is 36.3. The Balaban J connectivity index is 1.42. The van der Waals surface area contributed by atoms with E-state index in [0.29, 0.717) is 36.2 Å². The van der Waals surface area contributed by atoms with Crippen molar-refractivity contribution in [2.45, 2.75) is 132 Å². The van der Waals surface area contributed by atoms with Crippen LogP contribution in [0.5, 0.6) is 0 Å². The number of carbonyl (C=O) groups excluding carboxylic acids is 3. The van der Waals surface area contributed by atoms with Crippen LogP contribution in [0.15, 0.2) is 12.2 Å². The van der Waals surface area contributed by atoms with Crippen LogP contribution in [-0.2, 0) is 28.6 Å². The van der Waals surface area contributed by atoms with E-state index >= 15 is 0 Å². The van der Waals surface area contributed by atoms with Crippen molar-refractivity contribution in [1.29, 1.82) is 0 Å².